The van der Waals surface area contributed by atoms with Crippen molar-refractivity contribution in [3.8, 4) is 0 Å². The van der Waals surface area contributed by atoms with Crippen LogP contribution in [0.2, 0.25) is 0 Å². The Bertz CT molecular complexity index is 475. The summed E-state index contributed by atoms with van der Waals surface area (Å²) in [5, 5.41) is 9.08. The van der Waals surface area contributed by atoms with Gasteiger partial charge in [0.1, 0.15) is 5.41 Å². The highest BCUT2D eigenvalue weighted by atomic mass is 16.4. The summed E-state index contributed by atoms with van der Waals surface area (Å²) in [6.07, 6.45) is 0. The molecule has 0 saturated heterocycles. The number of carbonyl (C=O) groups excluding carboxylic acids is 1. The Labute approximate surface area is 114 Å². The van der Waals surface area contributed by atoms with Crippen LogP contribution in [0.3, 0.4) is 0 Å². The summed E-state index contributed by atoms with van der Waals surface area (Å²) in [5.41, 5.74) is 0.455. The fourth-order valence-electron chi connectivity index (χ4n) is 1.71. The maximum Gasteiger partial charge on any atom is 0.318 e. The van der Waals surface area contributed by atoms with Crippen molar-refractivity contribution in [3.05, 3.63) is 29.8 Å². The monoisotopic (exact) mass is 263 g/mol. The second-order valence-corrected chi connectivity index (χ2v) is 5.54. The van der Waals surface area contributed by atoms with Gasteiger partial charge in [0.2, 0.25) is 5.91 Å². The van der Waals surface area contributed by atoms with Crippen molar-refractivity contribution in [2.45, 2.75) is 33.6 Å². The van der Waals surface area contributed by atoms with Crippen molar-refractivity contribution in [1.82, 2.24) is 0 Å². The van der Waals surface area contributed by atoms with Gasteiger partial charge >= 0.3 is 5.97 Å². The Morgan fingerprint density at radius 1 is 1.16 bits per heavy atom. The van der Waals surface area contributed by atoms with Gasteiger partial charge in [0.15, 0.2) is 0 Å². The van der Waals surface area contributed by atoms with Crippen LogP contribution in [-0.4, -0.2) is 24.0 Å². The Morgan fingerprint density at radius 2 is 1.63 bits per heavy atom. The van der Waals surface area contributed by atoms with Crippen LogP contribution in [0.1, 0.15) is 39.2 Å². The fourth-order valence-corrected chi connectivity index (χ4v) is 1.71. The van der Waals surface area contributed by atoms with Crippen molar-refractivity contribution in [2.24, 2.45) is 5.41 Å². The standard InChI is InChI=1S/C15H21NO3/c1-10(2)11-6-8-12(9-7-11)16(5)13(17)15(3,4)14(18)19/h6-10H,1-5H3,(H,18,19). The van der Waals surface area contributed by atoms with Crippen LogP contribution in [0.25, 0.3) is 0 Å². The molecule has 0 aromatic heterocycles. The van der Waals surface area contributed by atoms with Crippen molar-refractivity contribution < 1.29 is 14.7 Å². The number of hydrogen-bond donors (Lipinski definition) is 1. The van der Waals surface area contributed by atoms with Crippen molar-refractivity contribution in [1.29, 1.82) is 0 Å². The molecule has 0 radical (unpaired) electrons. The molecule has 0 aliphatic rings. The summed E-state index contributed by atoms with van der Waals surface area (Å²) in [7, 11) is 1.59. The van der Waals surface area contributed by atoms with E-state index in [1.807, 2.05) is 24.3 Å². The predicted octanol–water partition coefficient (Wildman–Crippen LogP) is 2.88. The average Bonchev–Trinajstić information content (AvgIpc) is 2.36. The minimum absolute atomic E-state index is 0.422. The molecular formula is C15H21NO3. The smallest absolute Gasteiger partial charge is 0.318 e. The molecule has 4 heteroatoms. The van der Waals surface area contributed by atoms with Gasteiger partial charge in [-0.1, -0.05) is 26.0 Å². The number of carboxylic acid groups (broad SMARTS) is 1. The molecule has 1 N–H and O–H groups in total. The van der Waals surface area contributed by atoms with Crippen LogP contribution < -0.4 is 4.90 Å². The number of hydrogen-bond acceptors (Lipinski definition) is 2. The first-order valence-corrected chi connectivity index (χ1v) is 6.29. The van der Waals surface area contributed by atoms with E-state index in [-0.39, 0.29) is 0 Å². The zero-order valence-corrected chi connectivity index (χ0v) is 12.1. The summed E-state index contributed by atoms with van der Waals surface area (Å²) >= 11 is 0. The number of carboxylic acids is 1. The predicted molar refractivity (Wildman–Crippen MR) is 75.4 cm³/mol. The lowest BCUT2D eigenvalue weighted by Gasteiger charge is -2.26. The van der Waals surface area contributed by atoms with E-state index in [1.54, 1.807) is 7.05 Å². The lowest BCUT2D eigenvalue weighted by Crippen LogP contribution is -2.43. The molecule has 0 atom stereocenters. The normalized spacial score (nSPS) is 11.5. The van der Waals surface area contributed by atoms with Crippen molar-refractivity contribution in [3.63, 3.8) is 0 Å². The first-order valence-electron chi connectivity index (χ1n) is 6.29. The van der Waals surface area contributed by atoms with E-state index in [1.165, 1.54) is 24.3 Å². The highest BCUT2D eigenvalue weighted by molar-refractivity contribution is 6.08. The summed E-state index contributed by atoms with van der Waals surface area (Å²) in [5.74, 6) is -1.13. The largest absolute Gasteiger partial charge is 0.480 e. The number of rotatable bonds is 4. The molecule has 1 rings (SSSR count). The molecule has 0 saturated carbocycles. The molecule has 0 spiro atoms. The molecule has 0 aliphatic heterocycles. The Balaban J connectivity index is 2.97. The third-order valence-electron chi connectivity index (χ3n) is 3.32. The van der Waals surface area contributed by atoms with Gasteiger partial charge in [-0.3, -0.25) is 9.59 Å². The van der Waals surface area contributed by atoms with E-state index in [9.17, 15) is 9.59 Å². The molecule has 0 bridgehead atoms. The summed E-state index contributed by atoms with van der Waals surface area (Å²) < 4.78 is 0. The third kappa shape index (κ3) is 3.13. The average molecular weight is 263 g/mol. The molecule has 1 aromatic rings. The molecule has 104 valence electrons. The van der Waals surface area contributed by atoms with Gasteiger partial charge < -0.3 is 10.0 Å². The summed E-state index contributed by atoms with van der Waals surface area (Å²) in [6.45, 7) is 7.02. The van der Waals surface area contributed by atoms with Crippen molar-refractivity contribution in [2.75, 3.05) is 11.9 Å². The van der Waals surface area contributed by atoms with Crippen LogP contribution in [0.4, 0.5) is 5.69 Å². The molecule has 19 heavy (non-hydrogen) atoms. The number of aliphatic carboxylic acids is 1. The van der Waals surface area contributed by atoms with Gasteiger partial charge in [-0.15, -0.1) is 0 Å². The summed E-state index contributed by atoms with van der Waals surface area (Å²) in [4.78, 5) is 24.7. The zero-order chi connectivity index (χ0) is 14.8. The lowest BCUT2D eigenvalue weighted by molar-refractivity contribution is -0.152. The van der Waals surface area contributed by atoms with Gasteiger partial charge in [-0.2, -0.15) is 0 Å². The van der Waals surface area contributed by atoms with E-state index in [0.717, 1.165) is 0 Å². The van der Waals surface area contributed by atoms with E-state index >= 15 is 0 Å². The topological polar surface area (TPSA) is 57.6 Å². The molecule has 1 aromatic carbocycles. The number of nitrogens with zero attached hydrogens (tertiary/aromatic N) is 1. The highest BCUT2D eigenvalue weighted by Crippen LogP contribution is 2.24. The maximum atomic E-state index is 12.2. The van der Waals surface area contributed by atoms with E-state index in [4.69, 9.17) is 5.11 Å². The van der Waals surface area contributed by atoms with Crippen LogP contribution in [-0.2, 0) is 9.59 Å². The van der Waals surface area contributed by atoms with Gasteiger partial charge in [-0.05, 0) is 37.5 Å². The Hall–Kier alpha value is -1.84. The number of amides is 1. The minimum Gasteiger partial charge on any atom is -0.480 e. The number of benzene rings is 1. The van der Waals surface area contributed by atoms with Crippen molar-refractivity contribution >= 4 is 17.6 Å². The van der Waals surface area contributed by atoms with Crippen LogP contribution in [0.15, 0.2) is 24.3 Å². The van der Waals surface area contributed by atoms with Gasteiger partial charge in [0, 0.05) is 12.7 Å². The SMILES string of the molecule is CC(C)c1ccc(N(C)C(=O)C(C)(C)C(=O)O)cc1. The maximum absolute atomic E-state index is 12.2. The number of carbonyl (C=O) groups is 2. The molecule has 0 aliphatic carbocycles. The second-order valence-electron chi connectivity index (χ2n) is 5.54. The highest BCUT2D eigenvalue weighted by Gasteiger charge is 2.38. The first-order chi connectivity index (χ1) is 8.67. The van der Waals surface area contributed by atoms with E-state index in [2.05, 4.69) is 13.8 Å². The van der Waals surface area contributed by atoms with Crippen LogP contribution in [0, 0.1) is 5.41 Å². The van der Waals surface area contributed by atoms with E-state index < -0.39 is 17.3 Å². The minimum atomic E-state index is -1.43. The van der Waals surface area contributed by atoms with Crippen LogP contribution >= 0.6 is 0 Å². The molecule has 1 amide bonds. The van der Waals surface area contributed by atoms with Crippen LogP contribution in [0.5, 0.6) is 0 Å². The van der Waals surface area contributed by atoms with Gasteiger partial charge in [0.05, 0.1) is 0 Å². The molecule has 4 nitrogen and oxygen atoms in total. The van der Waals surface area contributed by atoms with E-state index in [0.29, 0.717) is 11.6 Å². The molecular weight excluding hydrogens is 242 g/mol. The first kappa shape index (κ1) is 15.2. The Kier molecular flexibility index (Phi) is 4.35. The molecule has 0 fully saturated rings. The number of anilines is 1. The van der Waals surface area contributed by atoms with Gasteiger partial charge in [-0.25, -0.2) is 0 Å². The quantitative estimate of drug-likeness (QED) is 0.850. The second kappa shape index (κ2) is 5.43. The molecule has 0 heterocycles. The lowest BCUT2D eigenvalue weighted by atomic mass is 9.91. The fraction of sp³-hybridized carbons (Fsp3) is 0.467. The zero-order valence-electron chi connectivity index (χ0n) is 12.1. The summed E-state index contributed by atoms with van der Waals surface area (Å²) in [6, 6.07) is 7.59. The Morgan fingerprint density at radius 3 is 2.00 bits per heavy atom. The molecule has 0 unspecified atom stereocenters. The third-order valence-corrected chi connectivity index (χ3v) is 3.32. The van der Waals surface area contributed by atoms with Gasteiger partial charge in [0.25, 0.3) is 0 Å².